The molecule has 1 fully saturated rings. The van der Waals surface area contributed by atoms with Crippen molar-refractivity contribution in [1.82, 2.24) is 9.38 Å². The fraction of sp³-hybridized carbons (Fsp3) is 0.222. The van der Waals surface area contributed by atoms with Gasteiger partial charge in [-0.05, 0) is 36.6 Å². The van der Waals surface area contributed by atoms with Gasteiger partial charge in [-0.25, -0.2) is 4.98 Å². The normalized spacial score (nSPS) is 20.0. The van der Waals surface area contributed by atoms with E-state index in [1.165, 1.54) is 0 Å². The molecule has 2 atom stereocenters. The van der Waals surface area contributed by atoms with Crippen molar-refractivity contribution < 1.29 is 4.79 Å². The molecule has 0 spiro atoms. The van der Waals surface area contributed by atoms with Gasteiger partial charge in [0, 0.05) is 29.6 Å². The molecule has 0 radical (unpaired) electrons. The lowest BCUT2D eigenvalue weighted by molar-refractivity contribution is -0.117. The van der Waals surface area contributed by atoms with Gasteiger partial charge in [0.25, 0.3) is 0 Å². The van der Waals surface area contributed by atoms with E-state index in [0.29, 0.717) is 5.92 Å². The monoisotopic (exact) mass is 291 g/mol. The van der Waals surface area contributed by atoms with Crippen LogP contribution in [0.15, 0.2) is 54.9 Å². The van der Waals surface area contributed by atoms with Crippen LogP contribution in [0.4, 0.5) is 5.69 Å². The largest absolute Gasteiger partial charge is 0.326 e. The highest BCUT2D eigenvalue weighted by Crippen LogP contribution is 2.38. The zero-order valence-corrected chi connectivity index (χ0v) is 12.4. The Hall–Kier alpha value is -2.62. The number of rotatable bonds is 3. The van der Waals surface area contributed by atoms with E-state index in [1.807, 2.05) is 59.3 Å². The van der Waals surface area contributed by atoms with Gasteiger partial charge in [-0.15, -0.1) is 0 Å². The Labute approximate surface area is 128 Å². The molecule has 3 aromatic rings. The molecule has 0 aliphatic heterocycles. The Kier molecular flexibility index (Phi) is 2.96. The van der Waals surface area contributed by atoms with Gasteiger partial charge in [0.2, 0.25) is 5.91 Å². The van der Waals surface area contributed by atoms with E-state index >= 15 is 0 Å². The minimum atomic E-state index is 0.132. The summed E-state index contributed by atoms with van der Waals surface area (Å²) in [6, 6.07) is 13.8. The smallest absolute Gasteiger partial charge is 0.227 e. The molecule has 0 unspecified atom stereocenters. The second kappa shape index (κ2) is 4.98. The van der Waals surface area contributed by atoms with E-state index in [0.717, 1.165) is 29.0 Å². The van der Waals surface area contributed by atoms with Crippen LogP contribution in [0.2, 0.25) is 0 Å². The number of anilines is 1. The molecular formula is C18H17N3O. The molecule has 4 nitrogen and oxygen atoms in total. The summed E-state index contributed by atoms with van der Waals surface area (Å²) in [5.74, 6) is 0.850. The molecule has 1 aromatic carbocycles. The summed E-state index contributed by atoms with van der Waals surface area (Å²) in [5.41, 5.74) is 3.75. The van der Waals surface area contributed by atoms with Crippen LogP contribution in [0, 0.1) is 11.8 Å². The fourth-order valence-electron chi connectivity index (χ4n) is 2.72. The Morgan fingerprint density at radius 3 is 2.68 bits per heavy atom. The van der Waals surface area contributed by atoms with Crippen LogP contribution in [0.25, 0.3) is 16.9 Å². The van der Waals surface area contributed by atoms with Gasteiger partial charge in [-0.3, -0.25) is 4.79 Å². The molecule has 4 heteroatoms. The molecular weight excluding hydrogens is 274 g/mol. The first-order valence-corrected chi connectivity index (χ1v) is 7.56. The van der Waals surface area contributed by atoms with Crippen LogP contribution in [0.5, 0.6) is 0 Å². The molecule has 2 heterocycles. The predicted molar refractivity (Wildman–Crippen MR) is 86.5 cm³/mol. The van der Waals surface area contributed by atoms with Crippen molar-refractivity contribution in [2.24, 2.45) is 11.8 Å². The first-order chi connectivity index (χ1) is 10.7. The Balaban J connectivity index is 1.54. The highest BCUT2D eigenvalue weighted by molar-refractivity contribution is 5.94. The highest BCUT2D eigenvalue weighted by Gasteiger charge is 2.38. The number of benzene rings is 1. The maximum atomic E-state index is 11.9. The van der Waals surface area contributed by atoms with Crippen molar-refractivity contribution in [3.05, 3.63) is 54.9 Å². The third kappa shape index (κ3) is 2.37. The Morgan fingerprint density at radius 1 is 1.23 bits per heavy atom. The Morgan fingerprint density at radius 2 is 2.00 bits per heavy atom. The number of fused-ring (bicyclic) bond motifs is 1. The van der Waals surface area contributed by atoms with Gasteiger partial charge in [0.1, 0.15) is 5.65 Å². The average Bonchev–Trinajstić information content (AvgIpc) is 3.11. The van der Waals surface area contributed by atoms with Gasteiger partial charge in [0.05, 0.1) is 5.69 Å². The van der Waals surface area contributed by atoms with E-state index in [1.54, 1.807) is 0 Å². The van der Waals surface area contributed by atoms with E-state index in [4.69, 9.17) is 0 Å². The van der Waals surface area contributed by atoms with Crippen LogP contribution >= 0.6 is 0 Å². The van der Waals surface area contributed by atoms with Gasteiger partial charge >= 0.3 is 0 Å². The number of hydrogen-bond acceptors (Lipinski definition) is 2. The molecule has 1 saturated carbocycles. The summed E-state index contributed by atoms with van der Waals surface area (Å²) in [5, 5.41) is 2.97. The minimum Gasteiger partial charge on any atom is -0.326 e. The number of nitrogens with zero attached hydrogens (tertiary/aromatic N) is 2. The Bertz CT molecular complexity index is 802. The lowest BCUT2D eigenvalue weighted by atomic mass is 10.1. The van der Waals surface area contributed by atoms with Crippen LogP contribution in [0.1, 0.15) is 13.3 Å². The quantitative estimate of drug-likeness (QED) is 0.801. The van der Waals surface area contributed by atoms with Crippen molar-refractivity contribution >= 4 is 17.2 Å². The molecule has 110 valence electrons. The summed E-state index contributed by atoms with van der Waals surface area (Å²) in [7, 11) is 0. The number of carbonyl (C=O) groups is 1. The van der Waals surface area contributed by atoms with E-state index in [2.05, 4.69) is 17.2 Å². The second-order valence-corrected chi connectivity index (χ2v) is 5.98. The third-order valence-corrected chi connectivity index (χ3v) is 4.26. The molecule has 22 heavy (non-hydrogen) atoms. The van der Waals surface area contributed by atoms with Crippen molar-refractivity contribution in [3.63, 3.8) is 0 Å². The van der Waals surface area contributed by atoms with E-state index < -0.39 is 0 Å². The summed E-state index contributed by atoms with van der Waals surface area (Å²) < 4.78 is 2.00. The summed E-state index contributed by atoms with van der Waals surface area (Å²) >= 11 is 0. The van der Waals surface area contributed by atoms with Crippen molar-refractivity contribution in [2.45, 2.75) is 13.3 Å². The summed E-state index contributed by atoms with van der Waals surface area (Å²) in [4.78, 5) is 16.5. The number of pyridine rings is 1. The van der Waals surface area contributed by atoms with E-state index in [-0.39, 0.29) is 11.8 Å². The van der Waals surface area contributed by atoms with Crippen LogP contribution in [0.3, 0.4) is 0 Å². The molecule has 1 amide bonds. The maximum absolute atomic E-state index is 11.9. The van der Waals surface area contributed by atoms with E-state index in [9.17, 15) is 4.79 Å². The zero-order valence-electron chi connectivity index (χ0n) is 12.4. The van der Waals surface area contributed by atoms with Gasteiger partial charge in [-0.1, -0.05) is 25.1 Å². The summed E-state index contributed by atoms with van der Waals surface area (Å²) in [6.07, 6.45) is 5.00. The van der Waals surface area contributed by atoms with Crippen molar-refractivity contribution in [1.29, 1.82) is 0 Å². The number of nitrogens with one attached hydrogen (secondary N) is 1. The molecule has 1 aliphatic rings. The van der Waals surface area contributed by atoms with Crippen LogP contribution in [-0.2, 0) is 4.79 Å². The van der Waals surface area contributed by atoms with Crippen molar-refractivity contribution in [2.75, 3.05) is 5.32 Å². The first-order valence-electron chi connectivity index (χ1n) is 7.56. The molecule has 2 aromatic heterocycles. The molecule has 1 aliphatic carbocycles. The zero-order chi connectivity index (χ0) is 15.1. The molecule has 1 N–H and O–H groups in total. The molecule has 4 rings (SSSR count). The number of aromatic nitrogens is 2. The number of carbonyl (C=O) groups excluding carboxylic acids is 1. The maximum Gasteiger partial charge on any atom is 0.227 e. The number of amides is 1. The molecule has 0 bridgehead atoms. The fourth-order valence-corrected chi connectivity index (χ4v) is 2.72. The minimum absolute atomic E-state index is 0.132. The van der Waals surface area contributed by atoms with Crippen LogP contribution < -0.4 is 5.32 Å². The predicted octanol–water partition coefficient (Wildman–Crippen LogP) is 3.60. The average molecular weight is 291 g/mol. The second-order valence-electron chi connectivity index (χ2n) is 5.98. The highest BCUT2D eigenvalue weighted by atomic mass is 16.2. The number of hydrogen-bond donors (Lipinski definition) is 1. The number of imidazole rings is 1. The molecule has 0 saturated heterocycles. The topological polar surface area (TPSA) is 46.4 Å². The standard InChI is InChI=1S/C18H17N3O/c1-12-10-15(12)18(22)19-14-7-5-13(6-8-14)16-11-21-9-3-2-4-17(21)20-16/h2-9,11-12,15H,10H2,1H3,(H,19,22)/t12-,15+/m0/s1. The van der Waals surface area contributed by atoms with Crippen molar-refractivity contribution in [3.8, 4) is 11.3 Å². The lowest BCUT2D eigenvalue weighted by Gasteiger charge is -2.05. The van der Waals surface area contributed by atoms with Gasteiger partial charge < -0.3 is 9.72 Å². The van der Waals surface area contributed by atoms with Crippen LogP contribution in [-0.4, -0.2) is 15.3 Å². The first kappa shape index (κ1) is 13.1. The third-order valence-electron chi connectivity index (χ3n) is 4.26. The lowest BCUT2D eigenvalue weighted by Crippen LogP contribution is -2.14. The summed E-state index contributed by atoms with van der Waals surface area (Å²) in [6.45, 7) is 2.11. The van der Waals surface area contributed by atoms with Gasteiger partial charge in [-0.2, -0.15) is 0 Å². The van der Waals surface area contributed by atoms with Gasteiger partial charge in [0.15, 0.2) is 0 Å². The SMILES string of the molecule is C[C@H]1C[C@H]1C(=O)Nc1ccc(-c2cn3ccccc3n2)cc1.